The van der Waals surface area contributed by atoms with Crippen molar-refractivity contribution in [2.45, 2.75) is 0 Å². The van der Waals surface area contributed by atoms with Crippen molar-refractivity contribution in [3.05, 3.63) is 44.1 Å². The van der Waals surface area contributed by atoms with Gasteiger partial charge >= 0.3 is 0 Å². The van der Waals surface area contributed by atoms with Crippen LogP contribution in [0.15, 0.2) is 34.9 Å². The standard InChI is InChI=1S/C11H6BrIN4/c12-9-5-8(1-2-10(9)13)16-11-7(6-14)3-4-15-17-11/h1-5H,(H,16,17). The van der Waals surface area contributed by atoms with E-state index < -0.39 is 0 Å². The summed E-state index contributed by atoms with van der Waals surface area (Å²) in [4.78, 5) is 0. The van der Waals surface area contributed by atoms with E-state index in [0.717, 1.165) is 13.7 Å². The quantitative estimate of drug-likeness (QED) is 0.784. The highest BCUT2D eigenvalue weighted by atomic mass is 127. The minimum absolute atomic E-state index is 0.461. The molecule has 0 aliphatic heterocycles. The fourth-order valence-electron chi connectivity index (χ4n) is 1.22. The van der Waals surface area contributed by atoms with Crippen LogP contribution < -0.4 is 5.32 Å². The highest BCUT2D eigenvalue weighted by Crippen LogP contribution is 2.25. The van der Waals surface area contributed by atoms with Crippen molar-refractivity contribution in [3.63, 3.8) is 0 Å². The van der Waals surface area contributed by atoms with E-state index in [1.807, 2.05) is 18.2 Å². The van der Waals surface area contributed by atoms with E-state index in [0.29, 0.717) is 11.4 Å². The molecule has 0 fully saturated rings. The van der Waals surface area contributed by atoms with Gasteiger partial charge in [-0.2, -0.15) is 10.4 Å². The van der Waals surface area contributed by atoms with Gasteiger partial charge in [-0.15, -0.1) is 5.10 Å². The number of nitrogens with zero attached hydrogens (tertiary/aromatic N) is 3. The van der Waals surface area contributed by atoms with Gasteiger partial charge in [0.05, 0.1) is 11.8 Å². The van der Waals surface area contributed by atoms with Gasteiger partial charge in [0.2, 0.25) is 0 Å². The average molecular weight is 401 g/mol. The average Bonchev–Trinajstić information content (AvgIpc) is 2.34. The second kappa shape index (κ2) is 5.42. The lowest BCUT2D eigenvalue weighted by Crippen LogP contribution is -1.98. The van der Waals surface area contributed by atoms with Crippen molar-refractivity contribution in [3.8, 4) is 6.07 Å². The first-order chi connectivity index (χ1) is 8.20. The van der Waals surface area contributed by atoms with Crippen LogP contribution in [-0.2, 0) is 0 Å². The van der Waals surface area contributed by atoms with Crippen molar-refractivity contribution in [2.24, 2.45) is 0 Å². The smallest absolute Gasteiger partial charge is 0.171 e. The van der Waals surface area contributed by atoms with Crippen molar-refractivity contribution < 1.29 is 0 Å². The fraction of sp³-hybridized carbons (Fsp3) is 0. The zero-order valence-electron chi connectivity index (χ0n) is 8.48. The lowest BCUT2D eigenvalue weighted by Gasteiger charge is -2.07. The zero-order valence-corrected chi connectivity index (χ0v) is 12.2. The van der Waals surface area contributed by atoms with E-state index in [1.165, 1.54) is 6.20 Å². The molecule has 0 aliphatic carbocycles. The van der Waals surface area contributed by atoms with E-state index in [4.69, 9.17) is 5.26 Å². The predicted molar refractivity (Wildman–Crippen MR) is 76.9 cm³/mol. The maximum atomic E-state index is 8.93. The molecule has 0 atom stereocenters. The molecular formula is C11H6BrIN4. The molecule has 6 heteroatoms. The Hall–Kier alpha value is -1.20. The summed E-state index contributed by atoms with van der Waals surface area (Å²) in [6, 6.07) is 9.50. The molecule has 2 aromatic rings. The highest BCUT2D eigenvalue weighted by Gasteiger charge is 2.04. The minimum atomic E-state index is 0.461. The topological polar surface area (TPSA) is 61.6 Å². The van der Waals surface area contributed by atoms with Gasteiger partial charge in [0.15, 0.2) is 5.82 Å². The minimum Gasteiger partial charge on any atom is -0.338 e. The number of hydrogen-bond acceptors (Lipinski definition) is 4. The van der Waals surface area contributed by atoms with Gasteiger partial charge in [-0.05, 0) is 62.8 Å². The van der Waals surface area contributed by atoms with Crippen LogP contribution in [0.25, 0.3) is 0 Å². The lowest BCUT2D eigenvalue weighted by atomic mass is 10.3. The normalized spacial score (nSPS) is 9.71. The number of halogens is 2. The Morgan fingerprint density at radius 1 is 1.35 bits per heavy atom. The molecule has 0 amide bonds. The summed E-state index contributed by atoms with van der Waals surface area (Å²) in [5.41, 5.74) is 1.32. The molecule has 0 saturated heterocycles. The molecule has 0 bridgehead atoms. The number of anilines is 2. The van der Waals surface area contributed by atoms with Crippen LogP contribution in [0.2, 0.25) is 0 Å². The molecule has 17 heavy (non-hydrogen) atoms. The number of nitriles is 1. The Morgan fingerprint density at radius 2 is 2.18 bits per heavy atom. The maximum Gasteiger partial charge on any atom is 0.171 e. The van der Waals surface area contributed by atoms with Crippen molar-refractivity contribution in [1.29, 1.82) is 5.26 Å². The van der Waals surface area contributed by atoms with Gasteiger partial charge in [-0.25, -0.2) is 0 Å². The zero-order chi connectivity index (χ0) is 12.3. The molecule has 2 rings (SSSR count). The maximum absolute atomic E-state index is 8.93. The SMILES string of the molecule is N#Cc1ccnnc1Nc1ccc(I)c(Br)c1. The molecule has 0 unspecified atom stereocenters. The number of hydrogen-bond donors (Lipinski definition) is 1. The molecule has 1 N–H and O–H groups in total. The highest BCUT2D eigenvalue weighted by molar-refractivity contribution is 14.1. The second-order valence-corrected chi connectivity index (χ2v) is 5.18. The third-order valence-corrected chi connectivity index (χ3v) is 4.36. The van der Waals surface area contributed by atoms with Crippen LogP contribution in [0.5, 0.6) is 0 Å². The van der Waals surface area contributed by atoms with Crippen LogP contribution >= 0.6 is 38.5 Å². The summed E-state index contributed by atoms with van der Waals surface area (Å²) in [6.07, 6.45) is 1.49. The van der Waals surface area contributed by atoms with Crippen molar-refractivity contribution >= 4 is 50.0 Å². The summed E-state index contributed by atoms with van der Waals surface area (Å²) in [6.45, 7) is 0. The molecule has 4 nitrogen and oxygen atoms in total. The first kappa shape index (κ1) is 12.3. The molecule has 0 radical (unpaired) electrons. The Balaban J connectivity index is 2.32. The van der Waals surface area contributed by atoms with Crippen LogP contribution in [0.1, 0.15) is 5.56 Å². The summed E-state index contributed by atoms with van der Waals surface area (Å²) in [5.74, 6) is 0.461. The third kappa shape index (κ3) is 2.92. The van der Waals surface area contributed by atoms with E-state index in [1.54, 1.807) is 6.07 Å². The predicted octanol–water partition coefficient (Wildman–Crippen LogP) is 3.46. The van der Waals surface area contributed by atoms with E-state index in [9.17, 15) is 0 Å². The Labute approximate surface area is 120 Å². The van der Waals surface area contributed by atoms with Gasteiger partial charge in [0, 0.05) is 13.7 Å². The van der Waals surface area contributed by atoms with Gasteiger partial charge < -0.3 is 5.32 Å². The van der Waals surface area contributed by atoms with Crippen LogP contribution in [0.3, 0.4) is 0 Å². The largest absolute Gasteiger partial charge is 0.338 e. The Bertz CT molecular complexity index is 594. The third-order valence-electron chi connectivity index (χ3n) is 2.02. The lowest BCUT2D eigenvalue weighted by molar-refractivity contribution is 1.03. The van der Waals surface area contributed by atoms with E-state index in [-0.39, 0.29) is 0 Å². The summed E-state index contributed by atoms with van der Waals surface area (Å²) >= 11 is 5.68. The summed E-state index contributed by atoms with van der Waals surface area (Å²) < 4.78 is 2.11. The van der Waals surface area contributed by atoms with E-state index in [2.05, 4.69) is 60.1 Å². The van der Waals surface area contributed by atoms with Crippen LogP contribution in [-0.4, -0.2) is 10.2 Å². The molecule has 0 spiro atoms. The van der Waals surface area contributed by atoms with Gasteiger partial charge in [-0.1, -0.05) is 0 Å². The molecule has 1 aromatic heterocycles. The molecule has 0 aliphatic rings. The van der Waals surface area contributed by atoms with E-state index >= 15 is 0 Å². The molecule has 1 aromatic carbocycles. The first-order valence-electron chi connectivity index (χ1n) is 4.64. The van der Waals surface area contributed by atoms with Crippen LogP contribution in [0, 0.1) is 14.9 Å². The molecule has 0 saturated carbocycles. The van der Waals surface area contributed by atoms with Crippen LogP contribution in [0.4, 0.5) is 11.5 Å². The molecule has 84 valence electrons. The monoisotopic (exact) mass is 400 g/mol. The fourth-order valence-corrected chi connectivity index (χ4v) is 1.94. The number of benzene rings is 1. The van der Waals surface area contributed by atoms with Gasteiger partial charge in [-0.3, -0.25) is 0 Å². The Kier molecular flexibility index (Phi) is 3.91. The Morgan fingerprint density at radius 3 is 2.88 bits per heavy atom. The number of rotatable bonds is 2. The summed E-state index contributed by atoms with van der Waals surface area (Å²) in [5, 5.41) is 19.6. The number of nitrogens with one attached hydrogen (secondary N) is 1. The molecule has 1 heterocycles. The second-order valence-electron chi connectivity index (χ2n) is 3.16. The number of aromatic nitrogens is 2. The first-order valence-corrected chi connectivity index (χ1v) is 6.52. The van der Waals surface area contributed by atoms with Crippen molar-refractivity contribution in [1.82, 2.24) is 10.2 Å². The van der Waals surface area contributed by atoms with Crippen molar-refractivity contribution in [2.75, 3.05) is 5.32 Å². The van der Waals surface area contributed by atoms with Gasteiger partial charge in [0.25, 0.3) is 0 Å². The summed E-state index contributed by atoms with van der Waals surface area (Å²) in [7, 11) is 0. The molecular weight excluding hydrogens is 395 g/mol. The van der Waals surface area contributed by atoms with Gasteiger partial charge in [0.1, 0.15) is 6.07 Å².